The highest BCUT2D eigenvalue weighted by Crippen LogP contribution is 2.25. The average molecular weight is 254 g/mol. The van der Waals surface area contributed by atoms with Crippen molar-refractivity contribution in [1.29, 1.82) is 0 Å². The Morgan fingerprint density at radius 3 is 3.06 bits per heavy atom. The molecule has 0 bridgehead atoms. The molecule has 18 heavy (non-hydrogen) atoms. The molecule has 2 rings (SSSR count). The van der Waals surface area contributed by atoms with E-state index in [4.69, 9.17) is 0 Å². The van der Waals surface area contributed by atoms with Crippen LogP contribution in [0.3, 0.4) is 0 Å². The van der Waals surface area contributed by atoms with E-state index in [-0.39, 0.29) is 0 Å². The molecule has 0 aliphatic carbocycles. The van der Waals surface area contributed by atoms with Crippen LogP contribution in [-0.2, 0) is 13.0 Å². The molecule has 2 unspecified atom stereocenters. The lowest BCUT2D eigenvalue weighted by Crippen LogP contribution is -2.40. The Balaban J connectivity index is 1.93. The number of rotatable bonds is 5. The van der Waals surface area contributed by atoms with E-state index >= 15 is 0 Å². The molecule has 1 aliphatic heterocycles. The first kappa shape index (κ1) is 13.5. The second kappa shape index (κ2) is 5.78. The summed E-state index contributed by atoms with van der Waals surface area (Å²) in [5.41, 5.74) is -1.21. The largest absolute Gasteiger partial charge is 0.314 e. The summed E-state index contributed by atoms with van der Waals surface area (Å²) in [4.78, 5) is 4.16. The fourth-order valence-electron chi connectivity index (χ4n) is 2.70. The maximum Gasteiger partial charge on any atom is 0.138 e. The summed E-state index contributed by atoms with van der Waals surface area (Å²) in [7, 11) is 0. The van der Waals surface area contributed by atoms with Crippen LogP contribution in [0.5, 0.6) is 0 Å². The maximum absolute atomic E-state index is 14.6. The fourth-order valence-corrected chi connectivity index (χ4v) is 2.70. The van der Waals surface area contributed by atoms with Crippen LogP contribution in [0.2, 0.25) is 0 Å². The zero-order valence-electron chi connectivity index (χ0n) is 11.3. The van der Waals surface area contributed by atoms with Crippen LogP contribution < -0.4 is 5.32 Å². The lowest BCUT2D eigenvalue weighted by atomic mass is 9.90. The monoisotopic (exact) mass is 254 g/mol. The number of hydrogen-bond acceptors (Lipinski definition) is 3. The molecule has 2 atom stereocenters. The summed E-state index contributed by atoms with van der Waals surface area (Å²) in [6.45, 7) is 5.44. The Hall–Kier alpha value is -0.970. The molecule has 0 aromatic carbocycles. The van der Waals surface area contributed by atoms with Gasteiger partial charge in [0.25, 0.3) is 0 Å². The average Bonchev–Trinajstić information content (AvgIpc) is 2.76. The van der Waals surface area contributed by atoms with Crippen LogP contribution in [0.25, 0.3) is 0 Å². The highest BCUT2D eigenvalue weighted by molar-refractivity contribution is 4.95. The van der Waals surface area contributed by atoms with Gasteiger partial charge in [-0.1, -0.05) is 6.42 Å². The molecule has 102 valence electrons. The van der Waals surface area contributed by atoms with Crippen molar-refractivity contribution in [3.05, 3.63) is 12.2 Å². The third-order valence-corrected chi connectivity index (χ3v) is 3.61. The van der Waals surface area contributed by atoms with Crippen molar-refractivity contribution >= 4 is 0 Å². The predicted molar refractivity (Wildman–Crippen MR) is 69.2 cm³/mol. The second-order valence-electron chi connectivity index (χ2n) is 5.43. The smallest absolute Gasteiger partial charge is 0.138 e. The van der Waals surface area contributed by atoms with Crippen LogP contribution in [0.1, 0.15) is 45.4 Å². The van der Waals surface area contributed by atoms with E-state index in [0.717, 1.165) is 25.3 Å². The Labute approximate surface area is 108 Å². The van der Waals surface area contributed by atoms with Gasteiger partial charge in [-0.25, -0.2) is 9.37 Å². The standard InChI is InChI=1S/C13H23FN4/c1-3-18-12(16-10-17-18)9-13(2,14)8-11-6-4-5-7-15-11/h10-11,15H,3-9H2,1-2H3. The maximum atomic E-state index is 14.6. The molecular weight excluding hydrogens is 231 g/mol. The summed E-state index contributed by atoms with van der Waals surface area (Å²) < 4.78 is 16.4. The molecule has 0 saturated carbocycles. The summed E-state index contributed by atoms with van der Waals surface area (Å²) >= 11 is 0. The molecule has 1 aromatic rings. The molecule has 0 spiro atoms. The predicted octanol–water partition coefficient (Wildman–Crippen LogP) is 2.10. The third kappa shape index (κ3) is 3.51. The van der Waals surface area contributed by atoms with E-state index in [2.05, 4.69) is 15.4 Å². The Kier molecular flexibility index (Phi) is 4.32. The van der Waals surface area contributed by atoms with Gasteiger partial charge in [-0.2, -0.15) is 5.10 Å². The van der Waals surface area contributed by atoms with Gasteiger partial charge in [0, 0.05) is 19.0 Å². The van der Waals surface area contributed by atoms with Crippen molar-refractivity contribution in [2.75, 3.05) is 6.54 Å². The first-order chi connectivity index (χ1) is 8.61. The van der Waals surface area contributed by atoms with Gasteiger partial charge in [-0.05, 0) is 39.7 Å². The van der Waals surface area contributed by atoms with Gasteiger partial charge >= 0.3 is 0 Å². The summed E-state index contributed by atoms with van der Waals surface area (Å²) in [5, 5.41) is 7.49. The topological polar surface area (TPSA) is 42.7 Å². The fraction of sp³-hybridized carbons (Fsp3) is 0.846. The minimum atomic E-state index is -1.21. The molecule has 1 fully saturated rings. The van der Waals surface area contributed by atoms with Gasteiger partial charge in [0.15, 0.2) is 0 Å². The Bertz CT molecular complexity index is 369. The minimum Gasteiger partial charge on any atom is -0.314 e. The number of nitrogens with one attached hydrogen (secondary N) is 1. The summed E-state index contributed by atoms with van der Waals surface area (Å²) in [5.74, 6) is 0.748. The SMILES string of the molecule is CCn1ncnc1CC(C)(F)CC1CCCCN1. The quantitative estimate of drug-likeness (QED) is 0.875. The van der Waals surface area contributed by atoms with Gasteiger partial charge in [0.2, 0.25) is 0 Å². The summed E-state index contributed by atoms with van der Waals surface area (Å²) in [6, 6.07) is 0.312. The van der Waals surface area contributed by atoms with Crippen molar-refractivity contribution < 1.29 is 4.39 Å². The Morgan fingerprint density at radius 1 is 1.56 bits per heavy atom. The molecule has 0 amide bonds. The van der Waals surface area contributed by atoms with Gasteiger partial charge in [0.1, 0.15) is 17.8 Å². The molecule has 1 N–H and O–H groups in total. The first-order valence-corrected chi connectivity index (χ1v) is 6.90. The zero-order valence-corrected chi connectivity index (χ0v) is 11.3. The van der Waals surface area contributed by atoms with E-state index in [1.54, 1.807) is 11.6 Å². The van der Waals surface area contributed by atoms with Gasteiger partial charge < -0.3 is 5.32 Å². The highest BCUT2D eigenvalue weighted by atomic mass is 19.1. The second-order valence-corrected chi connectivity index (χ2v) is 5.43. The van der Waals surface area contributed by atoms with Gasteiger partial charge in [0.05, 0.1) is 0 Å². The molecule has 1 saturated heterocycles. The number of nitrogens with zero attached hydrogens (tertiary/aromatic N) is 3. The van der Waals surface area contributed by atoms with E-state index < -0.39 is 5.67 Å². The molecular formula is C13H23FN4. The van der Waals surface area contributed by atoms with Gasteiger partial charge in [-0.3, -0.25) is 4.68 Å². The molecule has 5 heteroatoms. The zero-order chi connectivity index (χ0) is 13.0. The van der Waals surface area contributed by atoms with Crippen molar-refractivity contribution in [3.8, 4) is 0 Å². The van der Waals surface area contributed by atoms with Crippen LogP contribution >= 0.6 is 0 Å². The van der Waals surface area contributed by atoms with Crippen molar-refractivity contribution in [1.82, 2.24) is 20.1 Å². The minimum absolute atomic E-state index is 0.312. The number of hydrogen-bond donors (Lipinski definition) is 1. The normalized spacial score (nSPS) is 23.8. The number of piperidine rings is 1. The first-order valence-electron chi connectivity index (χ1n) is 6.90. The van der Waals surface area contributed by atoms with E-state index in [0.29, 0.717) is 18.9 Å². The molecule has 1 aromatic heterocycles. The third-order valence-electron chi connectivity index (χ3n) is 3.61. The van der Waals surface area contributed by atoms with Crippen LogP contribution in [0.15, 0.2) is 6.33 Å². The molecule has 0 radical (unpaired) electrons. The van der Waals surface area contributed by atoms with Crippen molar-refractivity contribution in [3.63, 3.8) is 0 Å². The number of aromatic nitrogens is 3. The highest BCUT2D eigenvalue weighted by Gasteiger charge is 2.30. The summed E-state index contributed by atoms with van der Waals surface area (Å²) in [6.07, 6.45) is 5.92. The van der Waals surface area contributed by atoms with Gasteiger partial charge in [-0.15, -0.1) is 0 Å². The number of aryl methyl sites for hydroxylation is 1. The number of alkyl halides is 1. The van der Waals surface area contributed by atoms with Crippen molar-refractivity contribution in [2.45, 2.75) is 64.2 Å². The molecule has 2 heterocycles. The lowest BCUT2D eigenvalue weighted by Gasteiger charge is -2.29. The van der Waals surface area contributed by atoms with Crippen LogP contribution in [-0.4, -0.2) is 33.0 Å². The van der Waals surface area contributed by atoms with Crippen LogP contribution in [0.4, 0.5) is 4.39 Å². The van der Waals surface area contributed by atoms with Crippen LogP contribution in [0, 0.1) is 0 Å². The van der Waals surface area contributed by atoms with Crippen molar-refractivity contribution in [2.24, 2.45) is 0 Å². The lowest BCUT2D eigenvalue weighted by molar-refractivity contribution is 0.141. The van der Waals surface area contributed by atoms with E-state index in [1.807, 2.05) is 6.92 Å². The van der Waals surface area contributed by atoms with E-state index in [1.165, 1.54) is 19.2 Å². The van der Waals surface area contributed by atoms with E-state index in [9.17, 15) is 4.39 Å². The molecule has 4 nitrogen and oxygen atoms in total. The Morgan fingerprint density at radius 2 is 2.39 bits per heavy atom. The number of halogens is 1. The molecule has 1 aliphatic rings.